The van der Waals surface area contributed by atoms with Crippen molar-refractivity contribution >= 4 is 21.8 Å². The molecule has 1 N–H and O–H groups in total. The molecule has 0 saturated carbocycles. The molecule has 10 heteroatoms. The zero-order valence-electron chi connectivity index (χ0n) is 20.1. The van der Waals surface area contributed by atoms with Crippen molar-refractivity contribution in [2.45, 2.75) is 19.0 Å². The minimum Gasteiger partial charge on any atom is -0.497 e. The molecule has 0 aliphatic rings. The Kier molecular flexibility index (Phi) is 10.5. The van der Waals surface area contributed by atoms with Crippen LogP contribution < -0.4 is 10.1 Å². The molecular formula is C24H33N3O6S. The Labute approximate surface area is 201 Å². The van der Waals surface area contributed by atoms with E-state index in [-0.39, 0.29) is 32.0 Å². The van der Waals surface area contributed by atoms with E-state index in [9.17, 15) is 18.0 Å². The van der Waals surface area contributed by atoms with Gasteiger partial charge in [-0.15, -0.1) is 0 Å². The Balaban J connectivity index is 2.41. The summed E-state index contributed by atoms with van der Waals surface area (Å²) in [5, 5.41) is 2.82. The highest BCUT2D eigenvalue weighted by Gasteiger charge is 2.31. The third kappa shape index (κ3) is 8.44. The lowest BCUT2D eigenvalue weighted by atomic mass is 10.0. The summed E-state index contributed by atoms with van der Waals surface area (Å²) in [6, 6.07) is 15.7. The van der Waals surface area contributed by atoms with Crippen LogP contribution in [0.15, 0.2) is 54.6 Å². The number of amides is 2. The molecule has 0 heterocycles. The Hall–Kier alpha value is -2.95. The van der Waals surface area contributed by atoms with Crippen molar-refractivity contribution in [1.29, 1.82) is 0 Å². The molecule has 0 radical (unpaired) electrons. The first-order valence-electron chi connectivity index (χ1n) is 10.8. The number of rotatable bonds is 13. The van der Waals surface area contributed by atoms with Gasteiger partial charge in [-0.1, -0.05) is 42.5 Å². The van der Waals surface area contributed by atoms with Crippen molar-refractivity contribution in [3.8, 4) is 5.75 Å². The first kappa shape index (κ1) is 27.3. The van der Waals surface area contributed by atoms with E-state index >= 15 is 0 Å². The van der Waals surface area contributed by atoms with Crippen LogP contribution in [-0.2, 0) is 37.3 Å². The molecule has 34 heavy (non-hydrogen) atoms. The maximum atomic E-state index is 13.4. The van der Waals surface area contributed by atoms with Crippen molar-refractivity contribution in [2.24, 2.45) is 0 Å². The summed E-state index contributed by atoms with van der Waals surface area (Å²) in [6.07, 6.45) is 1.30. The lowest BCUT2D eigenvalue weighted by Gasteiger charge is -2.32. The predicted octanol–water partition coefficient (Wildman–Crippen LogP) is 1.29. The average molecular weight is 492 g/mol. The van der Waals surface area contributed by atoms with Gasteiger partial charge in [0, 0.05) is 33.7 Å². The van der Waals surface area contributed by atoms with E-state index in [1.54, 1.807) is 19.2 Å². The Morgan fingerprint density at radius 1 is 1.00 bits per heavy atom. The smallest absolute Gasteiger partial charge is 0.243 e. The molecule has 9 nitrogen and oxygen atoms in total. The summed E-state index contributed by atoms with van der Waals surface area (Å²) in [4.78, 5) is 28.0. The number of hydrogen-bond acceptors (Lipinski definition) is 6. The van der Waals surface area contributed by atoms with Gasteiger partial charge < -0.3 is 19.7 Å². The number of likely N-dealkylation sites (N-methyl/N-ethyl adjacent to an activating group) is 1. The fourth-order valence-corrected chi connectivity index (χ4v) is 3.62. The van der Waals surface area contributed by atoms with E-state index in [2.05, 4.69) is 5.32 Å². The molecule has 0 fully saturated rings. The van der Waals surface area contributed by atoms with Crippen LogP contribution in [0.5, 0.6) is 5.75 Å². The molecule has 0 aliphatic carbocycles. The highest BCUT2D eigenvalue weighted by molar-refractivity contribution is 7.88. The standard InChI is InChI=1S/C24H33N3O6S/c1-26(34(4,30)31)18-23(28)27(17-20-10-12-21(33-3)13-11-20)22(24(29)25-14-15-32-2)16-19-8-6-5-7-9-19/h5-13,22H,14-18H2,1-4H3,(H,25,29)/t22-/m1/s1. The highest BCUT2D eigenvalue weighted by atomic mass is 32.2. The zero-order chi connectivity index (χ0) is 25.1. The van der Waals surface area contributed by atoms with Gasteiger partial charge in [-0.05, 0) is 23.3 Å². The molecule has 0 aromatic heterocycles. The summed E-state index contributed by atoms with van der Waals surface area (Å²) in [6.45, 7) is 0.350. The summed E-state index contributed by atoms with van der Waals surface area (Å²) in [7, 11) is 0.851. The normalized spacial score (nSPS) is 12.3. The molecule has 2 amide bonds. The fourth-order valence-electron chi connectivity index (χ4n) is 3.27. The van der Waals surface area contributed by atoms with Gasteiger partial charge in [0.05, 0.1) is 26.5 Å². The van der Waals surface area contributed by atoms with E-state index in [1.165, 1.54) is 19.1 Å². The van der Waals surface area contributed by atoms with Gasteiger partial charge in [0.25, 0.3) is 0 Å². The van der Waals surface area contributed by atoms with Crippen LogP contribution in [0.25, 0.3) is 0 Å². The third-order valence-electron chi connectivity index (χ3n) is 5.31. The van der Waals surface area contributed by atoms with Gasteiger partial charge in [0.2, 0.25) is 21.8 Å². The third-order valence-corrected chi connectivity index (χ3v) is 6.57. The molecule has 0 saturated heterocycles. The number of benzene rings is 2. The average Bonchev–Trinajstić information content (AvgIpc) is 2.81. The van der Waals surface area contributed by atoms with Crippen LogP contribution >= 0.6 is 0 Å². The second-order valence-corrected chi connectivity index (χ2v) is 9.97. The number of methoxy groups -OCH3 is 2. The summed E-state index contributed by atoms with van der Waals surface area (Å²) >= 11 is 0. The highest BCUT2D eigenvalue weighted by Crippen LogP contribution is 2.18. The second kappa shape index (κ2) is 13.1. The Bertz CT molecular complexity index is 1030. The number of carbonyl (C=O) groups is 2. The number of nitrogens with zero attached hydrogens (tertiary/aromatic N) is 2. The SMILES string of the molecule is COCCNC(=O)[C@@H](Cc1ccccc1)N(Cc1ccc(OC)cc1)C(=O)CN(C)S(C)(=O)=O. The zero-order valence-corrected chi connectivity index (χ0v) is 20.9. The monoisotopic (exact) mass is 491 g/mol. The maximum Gasteiger partial charge on any atom is 0.243 e. The van der Waals surface area contributed by atoms with Gasteiger partial charge in [-0.25, -0.2) is 8.42 Å². The van der Waals surface area contributed by atoms with Gasteiger partial charge in [-0.3, -0.25) is 9.59 Å². The van der Waals surface area contributed by atoms with Crippen LogP contribution in [0.2, 0.25) is 0 Å². The van der Waals surface area contributed by atoms with Crippen molar-refractivity contribution in [3.05, 3.63) is 65.7 Å². The molecular weight excluding hydrogens is 458 g/mol. The minimum atomic E-state index is -3.58. The summed E-state index contributed by atoms with van der Waals surface area (Å²) in [5.41, 5.74) is 1.65. The number of ether oxygens (including phenoxy) is 2. The number of nitrogens with one attached hydrogen (secondary N) is 1. The van der Waals surface area contributed by atoms with Gasteiger partial charge >= 0.3 is 0 Å². The molecule has 0 bridgehead atoms. The topological polar surface area (TPSA) is 105 Å². The largest absolute Gasteiger partial charge is 0.497 e. The van der Waals surface area contributed by atoms with E-state index in [0.29, 0.717) is 12.4 Å². The van der Waals surface area contributed by atoms with Crippen molar-refractivity contribution in [3.63, 3.8) is 0 Å². The van der Waals surface area contributed by atoms with Crippen molar-refractivity contribution in [1.82, 2.24) is 14.5 Å². The summed E-state index contributed by atoms with van der Waals surface area (Å²) in [5.74, 6) is -0.159. The van der Waals surface area contributed by atoms with Crippen LogP contribution in [-0.4, -0.2) is 82.7 Å². The molecule has 0 aliphatic heterocycles. The van der Waals surface area contributed by atoms with Gasteiger partial charge in [-0.2, -0.15) is 4.31 Å². The molecule has 2 aromatic carbocycles. The second-order valence-electron chi connectivity index (χ2n) is 7.88. The fraction of sp³-hybridized carbons (Fsp3) is 0.417. The molecule has 186 valence electrons. The Morgan fingerprint density at radius 2 is 1.65 bits per heavy atom. The van der Waals surface area contributed by atoms with E-state index in [1.807, 2.05) is 42.5 Å². The molecule has 2 aromatic rings. The first-order valence-corrected chi connectivity index (χ1v) is 12.6. The lowest BCUT2D eigenvalue weighted by Crippen LogP contribution is -2.53. The number of hydrogen-bond donors (Lipinski definition) is 1. The van der Waals surface area contributed by atoms with Crippen LogP contribution in [0.3, 0.4) is 0 Å². The molecule has 0 spiro atoms. The first-order chi connectivity index (χ1) is 16.2. The van der Waals surface area contributed by atoms with Crippen LogP contribution in [0.1, 0.15) is 11.1 Å². The number of carbonyl (C=O) groups excluding carboxylic acids is 2. The van der Waals surface area contributed by atoms with E-state index in [0.717, 1.165) is 21.7 Å². The van der Waals surface area contributed by atoms with Crippen LogP contribution in [0, 0.1) is 0 Å². The summed E-state index contributed by atoms with van der Waals surface area (Å²) < 4.78 is 35.1. The van der Waals surface area contributed by atoms with E-state index < -0.39 is 22.0 Å². The lowest BCUT2D eigenvalue weighted by molar-refractivity contribution is -0.141. The minimum absolute atomic E-state index is 0.121. The van der Waals surface area contributed by atoms with Gasteiger partial charge in [0.15, 0.2) is 0 Å². The molecule has 2 rings (SSSR count). The maximum absolute atomic E-state index is 13.4. The predicted molar refractivity (Wildman–Crippen MR) is 130 cm³/mol. The Morgan fingerprint density at radius 3 is 2.21 bits per heavy atom. The quantitative estimate of drug-likeness (QED) is 0.424. The van der Waals surface area contributed by atoms with Crippen molar-refractivity contribution in [2.75, 3.05) is 47.2 Å². The number of sulfonamides is 1. The van der Waals surface area contributed by atoms with Gasteiger partial charge in [0.1, 0.15) is 11.8 Å². The van der Waals surface area contributed by atoms with E-state index in [4.69, 9.17) is 9.47 Å². The van der Waals surface area contributed by atoms with Crippen LogP contribution in [0.4, 0.5) is 0 Å². The molecule has 1 atom stereocenters. The molecule has 0 unspecified atom stereocenters. The van der Waals surface area contributed by atoms with Crippen molar-refractivity contribution < 1.29 is 27.5 Å².